The molecule has 0 spiro atoms. The molecule has 0 atom stereocenters. The summed E-state index contributed by atoms with van der Waals surface area (Å²) in [5, 5.41) is 18.5. The molecule has 4 rings (SSSR count). The molecule has 0 saturated heterocycles. The van der Waals surface area contributed by atoms with Crippen LogP contribution in [0.15, 0.2) is 18.6 Å². The summed E-state index contributed by atoms with van der Waals surface area (Å²) in [6.07, 6.45) is 8.70. The molecule has 0 unspecified atom stereocenters. The predicted molar refractivity (Wildman–Crippen MR) is 77.6 cm³/mol. The summed E-state index contributed by atoms with van der Waals surface area (Å²) in [6, 6.07) is 4.33. The van der Waals surface area contributed by atoms with Crippen LogP contribution in [-0.4, -0.2) is 24.8 Å². The number of nitrogens with one attached hydrogen (secondary N) is 1. The Bertz CT molecular complexity index is 816. The van der Waals surface area contributed by atoms with Crippen molar-refractivity contribution in [2.24, 2.45) is 5.92 Å². The van der Waals surface area contributed by atoms with E-state index in [0.29, 0.717) is 18.3 Å². The zero-order chi connectivity index (χ0) is 14.2. The van der Waals surface area contributed by atoms with Crippen LogP contribution in [0.1, 0.15) is 43.7 Å². The Hall–Kier alpha value is -2.42. The van der Waals surface area contributed by atoms with E-state index in [2.05, 4.69) is 26.3 Å². The first-order valence-electron chi connectivity index (χ1n) is 7.40. The van der Waals surface area contributed by atoms with E-state index in [0.717, 1.165) is 47.9 Å². The third kappa shape index (κ3) is 1.97. The van der Waals surface area contributed by atoms with E-state index in [4.69, 9.17) is 5.26 Å². The fourth-order valence-corrected chi connectivity index (χ4v) is 3.46. The zero-order valence-corrected chi connectivity index (χ0v) is 11.7. The summed E-state index contributed by atoms with van der Waals surface area (Å²) >= 11 is 0. The monoisotopic (exact) mass is 280 g/mol. The molecule has 3 aromatic heterocycles. The van der Waals surface area contributed by atoms with Crippen LogP contribution in [0.3, 0.4) is 0 Å². The Morgan fingerprint density at radius 3 is 3.00 bits per heavy atom. The molecule has 1 aliphatic rings. The van der Waals surface area contributed by atoms with Gasteiger partial charge in [0.2, 0.25) is 0 Å². The van der Waals surface area contributed by atoms with Gasteiger partial charge in [-0.05, 0) is 37.7 Å². The Morgan fingerprint density at radius 1 is 1.33 bits per heavy atom. The molecule has 1 fully saturated rings. The van der Waals surface area contributed by atoms with Crippen LogP contribution in [0.25, 0.3) is 16.6 Å². The lowest BCUT2D eigenvalue weighted by Crippen LogP contribution is -2.13. The molecule has 3 heterocycles. The van der Waals surface area contributed by atoms with Crippen LogP contribution < -0.4 is 0 Å². The lowest BCUT2D eigenvalue weighted by atomic mass is 9.79. The van der Waals surface area contributed by atoms with Gasteiger partial charge in [0, 0.05) is 23.9 Å². The van der Waals surface area contributed by atoms with Gasteiger partial charge in [0.05, 0.1) is 11.8 Å². The molecule has 1 N–H and O–H groups in total. The topological polar surface area (TPSA) is 82.7 Å². The van der Waals surface area contributed by atoms with Crippen LogP contribution in [-0.2, 0) is 0 Å². The van der Waals surface area contributed by atoms with E-state index >= 15 is 0 Å². The van der Waals surface area contributed by atoms with Crippen molar-refractivity contribution in [2.75, 3.05) is 0 Å². The second-order valence-corrected chi connectivity index (χ2v) is 5.83. The Morgan fingerprint density at radius 2 is 2.19 bits per heavy atom. The zero-order valence-electron chi connectivity index (χ0n) is 11.7. The third-order valence-corrected chi connectivity index (χ3v) is 4.61. The van der Waals surface area contributed by atoms with Gasteiger partial charge in [-0.2, -0.15) is 5.26 Å². The van der Waals surface area contributed by atoms with E-state index in [-0.39, 0.29) is 0 Å². The van der Waals surface area contributed by atoms with Gasteiger partial charge < -0.3 is 4.98 Å². The van der Waals surface area contributed by atoms with E-state index in [1.807, 2.05) is 12.3 Å². The van der Waals surface area contributed by atoms with Crippen molar-refractivity contribution in [1.29, 1.82) is 5.26 Å². The molecule has 6 nitrogen and oxygen atoms in total. The normalized spacial score (nSPS) is 22.6. The van der Waals surface area contributed by atoms with Crippen molar-refractivity contribution < 1.29 is 0 Å². The summed E-state index contributed by atoms with van der Waals surface area (Å²) in [5.74, 6) is 1.000. The number of nitrogens with zero attached hydrogens (tertiary/aromatic N) is 5. The molecular formula is C15H16N6. The van der Waals surface area contributed by atoms with Gasteiger partial charge in [-0.25, -0.2) is 9.50 Å². The maximum absolute atomic E-state index is 8.82. The number of hydrogen-bond acceptors (Lipinski definition) is 4. The minimum Gasteiger partial charge on any atom is -0.346 e. The van der Waals surface area contributed by atoms with Gasteiger partial charge in [0.1, 0.15) is 17.5 Å². The molecule has 0 aromatic carbocycles. The minimum atomic E-state index is 0.443. The van der Waals surface area contributed by atoms with Crippen LogP contribution in [0.2, 0.25) is 0 Å². The van der Waals surface area contributed by atoms with E-state index in [9.17, 15) is 0 Å². The molecule has 0 bridgehead atoms. The summed E-state index contributed by atoms with van der Waals surface area (Å²) in [7, 11) is 0. The van der Waals surface area contributed by atoms with Crippen molar-refractivity contribution >= 4 is 16.6 Å². The molecule has 0 aliphatic heterocycles. The van der Waals surface area contributed by atoms with Crippen molar-refractivity contribution in [3.8, 4) is 6.07 Å². The number of nitriles is 1. The fraction of sp³-hybridized carbons (Fsp3) is 0.467. The van der Waals surface area contributed by atoms with Gasteiger partial charge in [0.15, 0.2) is 0 Å². The Labute approximate surface area is 121 Å². The molecule has 3 aromatic rings. The van der Waals surface area contributed by atoms with E-state index < -0.39 is 0 Å². The summed E-state index contributed by atoms with van der Waals surface area (Å²) in [6.45, 7) is 0. The Kier molecular flexibility index (Phi) is 2.85. The highest BCUT2D eigenvalue weighted by Crippen LogP contribution is 2.38. The highest BCUT2D eigenvalue weighted by molar-refractivity contribution is 5.92. The summed E-state index contributed by atoms with van der Waals surface area (Å²) in [5.41, 5.74) is 3.03. The molecule has 1 saturated carbocycles. The highest BCUT2D eigenvalue weighted by Gasteiger charge is 2.26. The van der Waals surface area contributed by atoms with Crippen molar-refractivity contribution in [3.05, 3.63) is 24.3 Å². The van der Waals surface area contributed by atoms with E-state index in [1.165, 1.54) is 0 Å². The number of hydrogen-bond donors (Lipinski definition) is 1. The molecular weight excluding hydrogens is 264 g/mol. The van der Waals surface area contributed by atoms with Crippen molar-refractivity contribution in [1.82, 2.24) is 24.8 Å². The molecule has 6 heteroatoms. The Balaban J connectivity index is 1.71. The van der Waals surface area contributed by atoms with Crippen LogP contribution in [0.4, 0.5) is 0 Å². The first kappa shape index (κ1) is 12.3. The van der Waals surface area contributed by atoms with Crippen molar-refractivity contribution in [3.63, 3.8) is 0 Å². The summed E-state index contributed by atoms with van der Waals surface area (Å²) < 4.78 is 1.77. The lowest BCUT2D eigenvalue weighted by Gasteiger charge is -2.25. The summed E-state index contributed by atoms with van der Waals surface area (Å²) in [4.78, 5) is 7.47. The molecule has 0 radical (unpaired) electrons. The second kappa shape index (κ2) is 4.85. The smallest absolute Gasteiger partial charge is 0.141 e. The predicted octanol–water partition coefficient (Wildman–Crippen LogP) is 2.79. The average Bonchev–Trinajstić information content (AvgIpc) is 3.14. The second-order valence-electron chi connectivity index (χ2n) is 5.83. The fourth-order valence-electron chi connectivity index (χ4n) is 3.46. The van der Waals surface area contributed by atoms with Crippen LogP contribution >= 0.6 is 0 Å². The van der Waals surface area contributed by atoms with Crippen LogP contribution in [0.5, 0.6) is 0 Å². The lowest BCUT2D eigenvalue weighted by molar-refractivity contribution is 0.328. The number of aromatic amines is 1. The largest absolute Gasteiger partial charge is 0.346 e. The number of rotatable bonds is 2. The maximum atomic E-state index is 8.82. The standard InChI is InChI=1S/C15H16N6/c16-7-5-10-1-3-11(4-2-10)13-14-12-6-8-17-15(12)18-9-21(14)20-19-13/h6,8-11,17H,1-5H2. The van der Waals surface area contributed by atoms with Gasteiger partial charge in [0.25, 0.3) is 0 Å². The van der Waals surface area contributed by atoms with Gasteiger partial charge in [-0.1, -0.05) is 5.21 Å². The van der Waals surface area contributed by atoms with Crippen molar-refractivity contribution in [2.45, 2.75) is 38.0 Å². The highest BCUT2D eigenvalue weighted by atomic mass is 15.4. The first-order valence-corrected chi connectivity index (χ1v) is 7.40. The molecule has 106 valence electrons. The first-order chi connectivity index (χ1) is 10.4. The quantitative estimate of drug-likeness (QED) is 0.782. The average molecular weight is 280 g/mol. The maximum Gasteiger partial charge on any atom is 0.141 e. The molecule has 1 aliphatic carbocycles. The third-order valence-electron chi connectivity index (χ3n) is 4.61. The van der Waals surface area contributed by atoms with E-state index in [1.54, 1.807) is 10.8 Å². The van der Waals surface area contributed by atoms with Gasteiger partial charge in [-0.15, -0.1) is 5.10 Å². The molecule has 0 amide bonds. The van der Waals surface area contributed by atoms with Crippen LogP contribution in [0, 0.1) is 17.2 Å². The SMILES string of the molecule is N#CCC1CCC(c2nnn3cnc4[nH]ccc4c23)CC1. The van der Waals surface area contributed by atoms with Gasteiger partial charge >= 0.3 is 0 Å². The number of aromatic nitrogens is 5. The molecule has 21 heavy (non-hydrogen) atoms. The van der Waals surface area contributed by atoms with Gasteiger partial charge in [-0.3, -0.25) is 0 Å². The number of H-pyrrole nitrogens is 1. The minimum absolute atomic E-state index is 0.443. The number of fused-ring (bicyclic) bond motifs is 3.